The number of benzene rings is 1. The molecule has 0 saturated heterocycles. The standard InChI is InChI=1S/C10H10N4O2S/c1-7-2-3-10(14(15)16)9(4-7)11-5-8-6-17-13-12-8/h2-4,6,11H,5H2,1H3. The molecule has 0 saturated carbocycles. The summed E-state index contributed by atoms with van der Waals surface area (Å²) in [6, 6.07) is 4.96. The molecular weight excluding hydrogens is 240 g/mol. The second-order valence-electron chi connectivity index (χ2n) is 3.53. The maximum atomic E-state index is 10.8. The van der Waals surface area contributed by atoms with Crippen molar-refractivity contribution >= 4 is 22.9 Å². The first-order chi connectivity index (χ1) is 8.16. The minimum Gasteiger partial charge on any atom is -0.374 e. The lowest BCUT2D eigenvalue weighted by Crippen LogP contribution is -2.03. The van der Waals surface area contributed by atoms with Crippen LogP contribution in [-0.4, -0.2) is 14.5 Å². The molecule has 0 fully saturated rings. The molecule has 0 radical (unpaired) electrons. The number of aryl methyl sites for hydroxylation is 1. The van der Waals surface area contributed by atoms with Gasteiger partial charge in [-0.15, -0.1) is 5.10 Å². The van der Waals surface area contributed by atoms with E-state index in [9.17, 15) is 10.1 Å². The maximum Gasteiger partial charge on any atom is 0.292 e. The van der Waals surface area contributed by atoms with Crippen LogP contribution < -0.4 is 5.32 Å². The average molecular weight is 250 g/mol. The smallest absolute Gasteiger partial charge is 0.292 e. The van der Waals surface area contributed by atoms with Gasteiger partial charge in [0.15, 0.2) is 0 Å². The van der Waals surface area contributed by atoms with Crippen LogP contribution in [0.3, 0.4) is 0 Å². The van der Waals surface area contributed by atoms with Crippen molar-refractivity contribution in [2.75, 3.05) is 5.32 Å². The molecule has 0 bridgehead atoms. The molecule has 0 atom stereocenters. The Bertz CT molecular complexity index is 527. The molecule has 1 aromatic heterocycles. The van der Waals surface area contributed by atoms with Crippen molar-refractivity contribution in [3.8, 4) is 0 Å². The van der Waals surface area contributed by atoms with Gasteiger partial charge in [-0.2, -0.15) is 0 Å². The highest BCUT2D eigenvalue weighted by atomic mass is 32.1. The van der Waals surface area contributed by atoms with Crippen LogP contribution in [0.4, 0.5) is 11.4 Å². The van der Waals surface area contributed by atoms with Gasteiger partial charge in [0, 0.05) is 11.4 Å². The third-order valence-corrected chi connectivity index (χ3v) is 2.77. The van der Waals surface area contributed by atoms with Gasteiger partial charge in [-0.05, 0) is 30.1 Å². The summed E-state index contributed by atoms with van der Waals surface area (Å²) in [6.07, 6.45) is 0. The molecule has 7 heteroatoms. The second kappa shape index (κ2) is 4.88. The number of nitrogens with zero attached hydrogens (tertiary/aromatic N) is 3. The quantitative estimate of drug-likeness (QED) is 0.665. The summed E-state index contributed by atoms with van der Waals surface area (Å²) in [5.74, 6) is 0. The molecule has 0 aliphatic heterocycles. The number of hydrogen-bond acceptors (Lipinski definition) is 6. The van der Waals surface area contributed by atoms with Crippen molar-refractivity contribution in [2.24, 2.45) is 0 Å². The third kappa shape index (κ3) is 2.76. The number of nitrogens with one attached hydrogen (secondary N) is 1. The van der Waals surface area contributed by atoms with Gasteiger partial charge >= 0.3 is 0 Å². The Labute approximate surface area is 102 Å². The lowest BCUT2D eigenvalue weighted by atomic mass is 10.2. The van der Waals surface area contributed by atoms with Crippen molar-refractivity contribution in [1.29, 1.82) is 0 Å². The van der Waals surface area contributed by atoms with Gasteiger partial charge in [0.2, 0.25) is 0 Å². The number of anilines is 1. The molecule has 0 aliphatic carbocycles. The van der Waals surface area contributed by atoms with Gasteiger partial charge in [-0.1, -0.05) is 10.6 Å². The average Bonchev–Trinajstić information content (AvgIpc) is 2.78. The molecule has 0 spiro atoms. The summed E-state index contributed by atoms with van der Waals surface area (Å²) >= 11 is 1.25. The van der Waals surface area contributed by atoms with Crippen molar-refractivity contribution in [3.05, 3.63) is 45.0 Å². The van der Waals surface area contributed by atoms with E-state index in [2.05, 4.69) is 14.9 Å². The Hall–Kier alpha value is -2.02. The number of hydrogen-bond donors (Lipinski definition) is 1. The van der Waals surface area contributed by atoms with Crippen LogP contribution in [0, 0.1) is 17.0 Å². The Morgan fingerprint density at radius 2 is 2.35 bits per heavy atom. The molecule has 6 nitrogen and oxygen atoms in total. The molecular formula is C10H10N4O2S. The summed E-state index contributed by atoms with van der Waals surface area (Å²) in [5, 5.41) is 19.5. The lowest BCUT2D eigenvalue weighted by molar-refractivity contribution is -0.384. The monoisotopic (exact) mass is 250 g/mol. The van der Waals surface area contributed by atoms with E-state index in [1.807, 2.05) is 6.92 Å². The molecule has 1 heterocycles. The van der Waals surface area contributed by atoms with Gasteiger partial charge in [0.05, 0.1) is 17.2 Å². The van der Waals surface area contributed by atoms with E-state index in [1.54, 1.807) is 17.5 Å². The van der Waals surface area contributed by atoms with Crippen molar-refractivity contribution in [2.45, 2.75) is 13.5 Å². The molecule has 88 valence electrons. The first-order valence-corrected chi connectivity index (χ1v) is 5.75. The van der Waals surface area contributed by atoms with Crippen molar-refractivity contribution in [3.63, 3.8) is 0 Å². The third-order valence-electron chi connectivity index (χ3n) is 2.21. The lowest BCUT2D eigenvalue weighted by Gasteiger charge is -2.06. The summed E-state index contributed by atoms with van der Waals surface area (Å²) < 4.78 is 3.73. The highest BCUT2D eigenvalue weighted by molar-refractivity contribution is 7.03. The van der Waals surface area contributed by atoms with Crippen LogP contribution >= 0.6 is 11.5 Å². The van der Waals surface area contributed by atoms with E-state index >= 15 is 0 Å². The fraction of sp³-hybridized carbons (Fsp3) is 0.200. The summed E-state index contributed by atoms with van der Waals surface area (Å²) in [5.41, 5.74) is 2.31. The summed E-state index contributed by atoms with van der Waals surface area (Å²) in [4.78, 5) is 10.4. The van der Waals surface area contributed by atoms with E-state index < -0.39 is 4.92 Å². The first kappa shape index (κ1) is 11.5. The van der Waals surface area contributed by atoms with E-state index in [0.717, 1.165) is 11.3 Å². The van der Waals surface area contributed by atoms with E-state index in [-0.39, 0.29) is 5.69 Å². The van der Waals surface area contributed by atoms with Crippen LogP contribution in [0.15, 0.2) is 23.6 Å². The Morgan fingerprint density at radius 1 is 1.53 bits per heavy atom. The van der Waals surface area contributed by atoms with Crippen LogP contribution in [0.5, 0.6) is 0 Å². The fourth-order valence-corrected chi connectivity index (χ4v) is 1.85. The van der Waals surface area contributed by atoms with Crippen LogP contribution in [0.1, 0.15) is 11.3 Å². The van der Waals surface area contributed by atoms with Crippen LogP contribution in [0.25, 0.3) is 0 Å². The van der Waals surface area contributed by atoms with E-state index in [1.165, 1.54) is 17.6 Å². The Kier molecular flexibility index (Phi) is 3.29. The zero-order valence-electron chi connectivity index (χ0n) is 9.08. The van der Waals surface area contributed by atoms with Gasteiger partial charge < -0.3 is 5.32 Å². The van der Waals surface area contributed by atoms with Crippen LogP contribution in [0.2, 0.25) is 0 Å². The highest BCUT2D eigenvalue weighted by Crippen LogP contribution is 2.25. The van der Waals surface area contributed by atoms with Crippen molar-refractivity contribution in [1.82, 2.24) is 9.59 Å². The Morgan fingerprint density at radius 3 is 3.00 bits per heavy atom. The van der Waals surface area contributed by atoms with Gasteiger partial charge in [-0.3, -0.25) is 10.1 Å². The molecule has 2 rings (SSSR count). The predicted octanol–water partition coefficient (Wildman–Crippen LogP) is 2.37. The number of rotatable bonds is 4. The number of nitro groups is 1. The molecule has 0 unspecified atom stereocenters. The zero-order chi connectivity index (χ0) is 12.3. The minimum atomic E-state index is -0.402. The Balaban J connectivity index is 2.19. The normalized spacial score (nSPS) is 10.2. The molecule has 17 heavy (non-hydrogen) atoms. The van der Waals surface area contributed by atoms with Crippen LogP contribution in [-0.2, 0) is 6.54 Å². The first-order valence-electron chi connectivity index (χ1n) is 4.91. The molecule has 0 aliphatic rings. The maximum absolute atomic E-state index is 10.8. The van der Waals surface area contributed by atoms with Gasteiger partial charge in [-0.25, -0.2) is 0 Å². The molecule has 1 N–H and O–H groups in total. The van der Waals surface area contributed by atoms with Gasteiger partial charge in [0.25, 0.3) is 5.69 Å². The van der Waals surface area contributed by atoms with Crippen molar-refractivity contribution < 1.29 is 4.92 Å². The summed E-state index contributed by atoms with van der Waals surface area (Å²) in [7, 11) is 0. The van der Waals surface area contributed by atoms with E-state index in [0.29, 0.717) is 12.2 Å². The number of nitro benzene ring substituents is 1. The largest absolute Gasteiger partial charge is 0.374 e. The fourth-order valence-electron chi connectivity index (χ4n) is 1.40. The second-order valence-corrected chi connectivity index (χ2v) is 4.14. The highest BCUT2D eigenvalue weighted by Gasteiger charge is 2.13. The molecule has 0 amide bonds. The van der Waals surface area contributed by atoms with E-state index in [4.69, 9.17) is 0 Å². The zero-order valence-corrected chi connectivity index (χ0v) is 9.90. The minimum absolute atomic E-state index is 0.0683. The SMILES string of the molecule is Cc1ccc([N+](=O)[O-])c(NCc2csnn2)c1. The topological polar surface area (TPSA) is 81.0 Å². The molecule has 1 aromatic carbocycles. The number of aromatic nitrogens is 2. The molecule has 2 aromatic rings. The summed E-state index contributed by atoms with van der Waals surface area (Å²) in [6.45, 7) is 2.32. The predicted molar refractivity (Wildman–Crippen MR) is 65.1 cm³/mol. The van der Waals surface area contributed by atoms with Gasteiger partial charge in [0.1, 0.15) is 5.69 Å².